The van der Waals surface area contributed by atoms with Gasteiger partial charge in [0.25, 0.3) is 0 Å². The summed E-state index contributed by atoms with van der Waals surface area (Å²) in [4.78, 5) is 1.26. The number of benzene rings is 1. The Morgan fingerprint density at radius 3 is 2.36 bits per heavy atom. The van der Waals surface area contributed by atoms with Gasteiger partial charge < -0.3 is 0 Å². The van der Waals surface area contributed by atoms with E-state index in [0.29, 0.717) is 0 Å². The van der Waals surface area contributed by atoms with Gasteiger partial charge in [0.2, 0.25) is 0 Å². The first-order chi connectivity index (χ1) is 6.69. The Morgan fingerprint density at radius 1 is 1.43 bits per heavy atom. The molecule has 14 heavy (non-hydrogen) atoms. The minimum absolute atomic E-state index is 0.0471. The van der Waals surface area contributed by atoms with Gasteiger partial charge in [-0.25, -0.2) is 5.43 Å². The summed E-state index contributed by atoms with van der Waals surface area (Å²) in [5.74, 6) is 5.46. The molecule has 0 saturated heterocycles. The van der Waals surface area contributed by atoms with Crippen molar-refractivity contribution in [3.05, 3.63) is 42.0 Å². The molecule has 0 radical (unpaired) electrons. The summed E-state index contributed by atoms with van der Waals surface area (Å²) >= 11 is 1.73. The molecule has 1 rings (SSSR count). The summed E-state index contributed by atoms with van der Waals surface area (Å²) in [5, 5.41) is 0. The summed E-state index contributed by atoms with van der Waals surface area (Å²) in [7, 11) is 0. The van der Waals surface area contributed by atoms with Crippen molar-refractivity contribution in [2.24, 2.45) is 5.84 Å². The Labute approximate surface area is 89.5 Å². The van der Waals surface area contributed by atoms with Crippen LogP contribution in [-0.2, 0) is 0 Å². The van der Waals surface area contributed by atoms with Crippen molar-refractivity contribution in [3.8, 4) is 0 Å². The van der Waals surface area contributed by atoms with E-state index in [0.717, 1.165) is 11.1 Å². The lowest BCUT2D eigenvalue weighted by atomic mass is 10.0. The molecule has 1 atom stereocenters. The van der Waals surface area contributed by atoms with Crippen LogP contribution in [0.2, 0.25) is 0 Å². The number of thioether (sulfide) groups is 1. The van der Waals surface area contributed by atoms with Gasteiger partial charge >= 0.3 is 0 Å². The molecule has 0 spiro atoms. The maximum atomic E-state index is 5.46. The van der Waals surface area contributed by atoms with Crippen LogP contribution in [0.3, 0.4) is 0 Å². The average molecular weight is 208 g/mol. The molecule has 1 aromatic carbocycles. The number of nitrogens with one attached hydrogen (secondary N) is 1. The first-order valence-corrected chi connectivity index (χ1v) is 5.67. The normalized spacial score (nSPS) is 12.5. The third-order valence-corrected chi connectivity index (χ3v) is 2.85. The molecule has 0 fully saturated rings. The van der Waals surface area contributed by atoms with Gasteiger partial charge in [-0.15, -0.1) is 11.8 Å². The van der Waals surface area contributed by atoms with Crippen molar-refractivity contribution in [2.75, 3.05) is 6.26 Å². The van der Waals surface area contributed by atoms with E-state index in [1.54, 1.807) is 11.8 Å². The molecule has 0 aromatic heterocycles. The standard InChI is InChI=1S/C11H16N2S/c1-8(2)11(13-12)9-4-6-10(14-3)7-5-9/h4-7,11,13H,1,12H2,2-3H3. The topological polar surface area (TPSA) is 38.0 Å². The predicted molar refractivity (Wildman–Crippen MR) is 63.1 cm³/mol. The molecule has 0 heterocycles. The molecule has 1 aromatic rings. The maximum Gasteiger partial charge on any atom is 0.0664 e. The number of hydrogen-bond donors (Lipinski definition) is 2. The van der Waals surface area contributed by atoms with E-state index in [1.807, 2.05) is 6.92 Å². The zero-order valence-corrected chi connectivity index (χ0v) is 9.40. The van der Waals surface area contributed by atoms with Crippen molar-refractivity contribution in [1.29, 1.82) is 0 Å². The van der Waals surface area contributed by atoms with Crippen LogP contribution in [0.1, 0.15) is 18.5 Å². The Kier molecular flexibility index (Phi) is 4.20. The summed E-state index contributed by atoms with van der Waals surface area (Å²) < 4.78 is 0. The average Bonchev–Trinajstić information content (AvgIpc) is 2.19. The predicted octanol–water partition coefficient (Wildman–Crippen LogP) is 2.49. The fraction of sp³-hybridized carbons (Fsp3) is 0.273. The smallest absolute Gasteiger partial charge is 0.0664 e. The zero-order chi connectivity index (χ0) is 10.6. The Hall–Kier alpha value is -0.770. The van der Waals surface area contributed by atoms with Gasteiger partial charge in [0.1, 0.15) is 0 Å². The number of rotatable bonds is 4. The molecule has 0 saturated carbocycles. The van der Waals surface area contributed by atoms with Crippen LogP contribution < -0.4 is 11.3 Å². The lowest BCUT2D eigenvalue weighted by Crippen LogP contribution is -2.28. The van der Waals surface area contributed by atoms with Crippen LogP contribution in [0.4, 0.5) is 0 Å². The molecule has 0 amide bonds. The lowest BCUT2D eigenvalue weighted by molar-refractivity contribution is 0.627. The summed E-state index contributed by atoms with van der Waals surface area (Å²) in [6.07, 6.45) is 2.06. The fourth-order valence-corrected chi connectivity index (χ4v) is 1.73. The van der Waals surface area contributed by atoms with Gasteiger partial charge in [-0.1, -0.05) is 24.3 Å². The molecule has 3 heteroatoms. The van der Waals surface area contributed by atoms with E-state index in [-0.39, 0.29) is 6.04 Å². The highest BCUT2D eigenvalue weighted by molar-refractivity contribution is 7.98. The Balaban J connectivity index is 2.89. The second-order valence-corrected chi connectivity index (χ2v) is 4.10. The van der Waals surface area contributed by atoms with Gasteiger partial charge in [-0.3, -0.25) is 5.84 Å². The monoisotopic (exact) mass is 208 g/mol. The van der Waals surface area contributed by atoms with E-state index in [1.165, 1.54) is 4.90 Å². The first kappa shape index (κ1) is 11.3. The molecule has 3 N–H and O–H groups in total. The largest absolute Gasteiger partial charge is 0.271 e. The Bertz CT molecular complexity index is 306. The van der Waals surface area contributed by atoms with E-state index in [9.17, 15) is 0 Å². The molecule has 0 aliphatic carbocycles. The van der Waals surface area contributed by atoms with Crippen LogP contribution in [0.15, 0.2) is 41.3 Å². The van der Waals surface area contributed by atoms with E-state index < -0.39 is 0 Å². The number of hydrazine groups is 1. The van der Waals surface area contributed by atoms with Gasteiger partial charge in [-0.2, -0.15) is 0 Å². The minimum Gasteiger partial charge on any atom is -0.271 e. The van der Waals surface area contributed by atoms with Crippen LogP contribution in [0.5, 0.6) is 0 Å². The molecule has 0 aliphatic rings. The summed E-state index contributed by atoms with van der Waals surface area (Å²) in [6.45, 7) is 5.86. The molecular formula is C11H16N2S. The highest BCUT2D eigenvalue weighted by Gasteiger charge is 2.09. The van der Waals surface area contributed by atoms with Gasteiger partial charge in [0.15, 0.2) is 0 Å². The molecule has 76 valence electrons. The van der Waals surface area contributed by atoms with E-state index in [2.05, 4.69) is 42.5 Å². The molecule has 0 aliphatic heterocycles. The van der Waals surface area contributed by atoms with Crippen LogP contribution in [0.25, 0.3) is 0 Å². The van der Waals surface area contributed by atoms with Gasteiger partial charge in [-0.05, 0) is 30.9 Å². The second-order valence-electron chi connectivity index (χ2n) is 3.22. The number of hydrogen-bond acceptors (Lipinski definition) is 3. The third kappa shape index (κ3) is 2.61. The minimum atomic E-state index is 0.0471. The van der Waals surface area contributed by atoms with Crippen molar-refractivity contribution in [1.82, 2.24) is 5.43 Å². The first-order valence-electron chi connectivity index (χ1n) is 4.44. The highest BCUT2D eigenvalue weighted by Crippen LogP contribution is 2.22. The van der Waals surface area contributed by atoms with Crippen LogP contribution in [-0.4, -0.2) is 6.26 Å². The van der Waals surface area contributed by atoms with E-state index >= 15 is 0 Å². The molecule has 0 bridgehead atoms. The van der Waals surface area contributed by atoms with Crippen LogP contribution in [0, 0.1) is 0 Å². The highest BCUT2D eigenvalue weighted by atomic mass is 32.2. The summed E-state index contributed by atoms with van der Waals surface area (Å²) in [5.41, 5.74) is 4.92. The van der Waals surface area contributed by atoms with Crippen molar-refractivity contribution < 1.29 is 0 Å². The molecular weight excluding hydrogens is 192 g/mol. The third-order valence-electron chi connectivity index (χ3n) is 2.11. The number of nitrogens with two attached hydrogens (primary N) is 1. The van der Waals surface area contributed by atoms with Gasteiger partial charge in [0.05, 0.1) is 6.04 Å². The summed E-state index contributed by atoms with van der Waals surface area (Å²) in [6, 6.07) is 8.38. The second kappa shape index (κ2) is 5.20. The van der Waals surface area contributed by atoms with E-state index in [4.69, 9.17) is 5.84 Å². The fourth-order valence-electron chi connectivity index (χ4n) is 1.32. The molecule has 2 nitrogen and oxygen atoms in total. The Morgan fingerprint density at radius 2 is 2.00 bits per heavy atom. The SMILES string of the molecule is C=C(C)C(NN)c1ccc(SC)cc1. The van der Waals surface area contributed by atoms with Crippen LogP contribution >= 0.6 is 11.8 Å². The maximum absolute atomic E-state index is 5.46. The van der Waals surface area contributed by atoms with Crippen molar-refractivity contribution in [2.45, 2.75) is 17.9 Å². The zero-order valence-electron chi connectivity index (χ0n) is 8.58. The van der Waals surface area contributed by atoms with Crippen molar-refractivity contribution in [3.63, 3.8) is 0 Å². The quantitative estimate of drug-likeness (QED) is 0.345. The lowest BCUT2D eigenvalue weighted by Gasteiger charge is -2.16. The van der Waals surface area contributed by atoms with Crippen molar-refractivity contribution >= 4 is 11.8 Å². The molecule has 1 unspecified atom stereocenters. The van der Waals surface area contributed by atoms with Gasteiger partial charge in [0, 0.05) is 4.90 Å².